The largest absolute Gasteiger partial charge is 0.497 e. The van der Waals surface area contributed by atoms with Crippen LogP contribution < -0.4 is 39.9 Å². The Labute approximate surface area is 499 Å². The first kappa shape index (κ1) is 55.4. The summed E-state index contributed by atoms with van der Waals surface area (Å²) in [6.07, 6.45) is 0. The Balaban J connectivity index is 0.000000160. The van der Waals surface area contributed by atoms with Crippen LogP contribution in [0.15, 0.2) is 192 Å². The number of ether oxygens (including phenoxy) is 4. The van der Waals surface area contributed by atoms with Gasteiger partial charge in [0.05, 0.1) is 48.6 Å². The van der Waals surface area contributed by atoms with Gasteiger partial charge < -0.3 is 48.9 Å². The van der Waals surface area contributed by atoms with Crippen LogP contribution in [0.5, 0.6) is 23.0 Å². The third kappa shape index (κ3) is 8.06. The van der Waals surface area contributed by atoms with Gasteiger partial charge in [0.25, 0.3) is 11.1 Å². The van der Waals surface area contributed by atoms with Gasteiger partial charge in [-0.3, -0.25) is 9.59 Å². The predicted molar refractivity (Wildman–Crippen MR) is 334 cm³/mol. The Hall–Kier alpha value is -9.76. The number of hydrogen-bond donors (Lipinski definition) is 4. The molecule has 14 heteroatoms. The molecule has 0 unspecified atom stereocenters. The zero-order valence-electron chi connectivity index (χ0n) is 49.6. The van der Waals surface area contributed by atoms with E-state index < -0.39 is 34.2 Å². The average molecular weight is 1140 g/mol. The number of H-pyrrole nitrogens is 2. The lowest BCUT2D eigenvalue weighted by molar-refractivity contribution is -0.0906. The Morgan fingerprint density at radius 2 is 0.826 bits per heavy atom. The molecule has 4 N–H and O–H groups in total. The number of aromatic nitrogens is 4. The molecule has 8 aromatic carbocycles. The van der Waals surface area contributed by atoms with Crippen LogP contribution in [0.3, 0.4) is 0 Å². The van der Waals surface area contributed by atoms with E-state index in [0.717, 1.165) is 55.9 Å². The number of aryl methyl sites for hydroxylation is 4. The van der Waals surface area contributed by atoms with E-state index in [0.29, 0.717) is 79.4 Å². The van der Waals surface area contributed by atoms with Gasteiger partial charge in [-0.15, -0.1) is 0 Å². The number of benzene rings is 8. The second-order valence-electron chi connectivity index (χ2n) is 23.4. The average Bonchev–Trinajstić information content (AvgIpc) is 1.55. The molecule has 2 aromatic heterocycles. The summed E-state index contributed by atoms with van der Waals surface area (Å²) in [5, 5.41) is 26.8. The van der Waals surface area contributed by atoms with Crippen molar-refractivity contribution >= 4 is 11.4 Å². The van der Waals surface area contributed by atoms with Gasteiger partial charge in [-0.1, -0.05) is 97.1 Å². The summed E-state index contributed by atoms with van der Waals surface area (Å²) in [4.78, 5) is 48.8. The number of rotatable bonds is 10. The number of anilines is 2. The first-order valence-corrected chi connectivity index (χ1v) is 28.7. The summed E-state index contributed by atoms with van der Waals surface area (Å²) in [6, 6.07) is 58.2. The number of nitrogens with one attached hydrogen (secondary N) is 2. The normalized spacial score (nSPS) is 21.5. The highest BCUT2D eigenvalue weighted by Crippen LogP contribution is 2.70. The van der Waals surface area contributed by atoms with Crippen LogP contribution in [0.25, 0.3) is 22.8 Å². The topological polar surface area (TPSA) is 175 Å². The Bertz CT molecular complexity index is 4120. The monoisotopic (exact) mass is 1140 g/mol. The molecular weight excluding hydrogens is 1080 g/mol. The van der Waals surface area contributed by atoms with Crippen molar-refractivity contribution in [1.29, 1.82) is 0 Å². The van der Waals surface area contributed by atoms with Crippen LogP contribution in [0.4, 0.5) is 11.4 Å². The molecule has 432 valence electrons. The van der Waals surface area contributed by atoms with Gasteiger partial charge in [0.15, 0.2) is 22.4 Å². The number of fused-ring (bicyclic) bond motifs is 10. The quantitative estimate of drug-likeness (QED) is 0.102. The van der Waals surface area contributed by atoms with E-state index >= 15 is 0 Å². The van der Waals surface area contributed by atoms with Crippen molar-refractivity contribution in [3.05, 3.63) is 281 Å². The summed E-state index contributed by atoms with van der Waals surface area (Å²) < 4.78 is 25.0. The molecule has 0 saturated carbocycles. The van der Waals surface area contributed by atoms with Gasteiger partial charge in [-0.05, 0) is 146 Å². The molecular formula is C72H66N6O8. The van der Waals surface area contributed by atoms with Crippen LogP contribution in [-0.2, 0) is 22.4 Å². The number of aliphatic hydroxyl groups is 2. The minimum Gasteiger partial charge on any atom is -0.497 e. The van der Waals surface area contributed by atoms with Crippen molar-refractivity contribution in [1.82, 2.24) is 19.9 Å². The Kier molecular flexibility index (Phi) is 13.2. The highest BCUT2D eigenvalue weighted by molar-refractivity contribution is 5.71. The van der Waals surface area contributed by atoms with E-state index in [2.05, 4.69) is 9.97 Å². The van der Waals surface area contributed by atoms with Gasteiger partial charge in [-0.25, -0.2) is 9.97 Å². The van der Waals surface area contributed by atoms with Crippen LogP contribution in [0.1, 0.15) is 90.0 Å². The maximum absolute atomic E-state index is 14.3. The zero-order valence-corrected chi connectivity index (χ0v) is 49.6. The molecule has 0 radical (unpaired) electrons. The molecule has 14 nitrogen and oxygen atoms in total. The van der Waals surface area contributed by atoms with Gasteiger partial charge in [0, 0.05) is 72.9 Å². The van der Waals surface area contributed by atoms with E-state index in [-0.39, 0.29) is 11.1 Å². The van der Waals surface area contributed by atoms with E-state index in [1.165, 1.54) is 0 Å². The second kappa shape index (κ2) is 20.5. The maximum Gasteiger partial charge on any atom is 0.255 e. The Morgan fingerprint density at radius 3 is 1.15 bits per heavy atom. The second-order valence-corrected chi connectivity index (χ2v) is 23.4. The van der Waals surface area contributed by atoms with E-state index in [1.54, 1.807) is 14.2 Å². The predicted octanol–water partition coefficient (Wildman–Crippen LogP) is 11.6. The molecule has 6 atom stereocenters. The summed E-state index contributed by atoms with van der Waals surface area (Å²) in [7, 11) is 11.1. The highest BCUT2D eigenvalue weighted by Gasteiger charge is 2.75. The fraction of sp³-hybridized carbons (Fsp3) is 0.222. The van der Waals surface area contributed by atoms with Gasteiger partial charge in [-0.2, -0.15) is 0 Å². The SMILES string of the molecule is COc1ccc([C@@]23Oc4cc(C)cc(C)c4[C@]2(O)c2nc(-c4ccc(N(C)C)cc4)[nH]c(=O)c2[C@H]3c2ccccc2)cc1.COc1ccc([C@@]23Oc4cc(C)cc(C)c4[C@]2(O)c2nc(-c4ccc(N(C)C)cc4)[nH]c(=O)c2[C@H]3c2ccccc2)cc1. The summed E-state index contributed by atoms with van der Waals surface area (Å²) >= 11 is 0. The summed E-state index contributed by atoms with van der Waals surface area (Å²) in [6.45, 7) is 7.97. The smallest absolute Gasteiger partial charge is 0.255 e. The lowest BCUT2D eigenvalue weighted by Gasteiger charge is -2.40. The minimum atomic E-state index is -1.78. The van der Waals surface area contributed by atoms with Crippen molar-refractivity contribution in [2.45, 2.75) is 61.9 Å². The summed E-state index contributed by atoms with van der Waals surface area (Å²) in [5.74, 6) is 1.96. The van der Waals surface area contributed by atoms with Gasteiger partial charge in [0.2, 0.25) is 0 Å². The lowest BCUT2D eigenvalue weighted by Crippen LogP contribution is -2.49. The first-order valence-electron chi connectivity index (χ1n) is 28.7. The zero-order chi connectivity index (χ0) is 60.2. The van der Waals surface area contributed by atoms with Crippen molar-refractivity contribution < 1.29 is 29.2 Å². The van der Waals surface area contributed by atoms with Crippen LogP contribution in [0.2, 0.25) is 0 Å². The lowest BCUT2D eigenvalue weighted by atomic mass is 9.69. The van der Waals surface area contributed by atoms with Crippen molar-refractivity contribution in [2.24, 2.45) is 0 Å². The molecule has 0 bridgehead atoms. The molecule has 0 saturated heterocycles. The molecule has 2 aliphatic heterocycles. The van der Waals surface area contributed by atoms with Crippen LogP contribution in [0, 0.1) is 27.7 Å². The van der Waals surface area contributed by atoms with E-state index in [9.17, 15) is 19.8 Å². The molecule has 14 rings (SSSR count). The first-order chi connectivity index (χ1) is 41.4. The van der Waals surface area contributed by atoms with E-state index in [4.69, 9.17) is 28.9 Å². The molecule has 0 spiro atoms. The van der Waals surface area contributed by atoms with Crippen molar-refractivity contribution in [2.75, 3.05) is 52.2 Å². The summed E-state index contributed by atoms with van der Waals surface area (Å²) in [5.41, 5.74) is 6.04. The number of methoxy groups -OCH3 is 2. The minimum absolute atomic E-state index is 0.304. The standard InChI is InChI=1S/2C36H33N3O4/c2*1-21-19-22(2)30-28(20-21)43-36(25-13-17-27(42-5)18-14-25)31(23-9-7-6-8-10-23)29-32(35(30,36)41)37-33(38-34(29)40)24-11-15-26(16-12-24)39(3)4/h2*6-20,31,41H,1-5H3,(H,37,38,40)/t2*31-,35+,36+/m11/s1. The molecule has 86 heavy (non-hydrogen) atoms. The number of hydrogen-bond acceptors (Lipinski definition) is 12. The van der Waals surface area contributed by atoms with E-state index in [1.807, 2.05) is 248 Å². The third-order valence-corrected chi connectivity index (χ3v) is 17.8. The molecule has 2 aliphatic carbocycles. The number of nitrogens with zero attached hydrogens (tertiary/aromatic N) is 4. The highest BCUT2D eigenvalue weighted by atomic mass is 16.5. The van der Waals surface area contributed by atoms with Crippen LogP contribution in [-0.4, -0.2) is 72.6 Å². The fourth-order valence-electron chi connectivity index (χ4n) is 14.1. The number of aromatic amines is 2. The molecule has 10 aromatic rings. The Morgan fingerprint density at radius 1 is 0.477 bits per heavy atom. The fourth-order valence-corrected chi connectivity index (χ4v) is 14.1. The molecule has 4 heterocycles. The third-order valence-electron chi connectivity index (χ3n) is 17.8. The van der Waals surface area contributed by atoms with Gasteiger partial charge >= 0.3 is 0 Å². The van der Waals surface area contributed by atoms with Crippen molar-refractivity contribution in [3.8, 4) is 45.8 Å². The van der Waals surface area contributed by atoms with Crippen molar-refractivity contribution in [3.63, 3.8) is 0 Å². The maximum atomic E-state index is 14.3. The van der Waals surface area contributed by atoms with Crippen LogP contribution >= 0.6 is 0 Å². The molecule has 0 amide bonds. The molecule has 0 fully saturated rings. The molecule has 4 aliphatic rings. The van der Waals surface area contributed by atoms with Gasteiger partial charge in [0.1, 0.15) is 34.6 Å².